The third-order valence-corrected chi connectivity index (χ3v) is 2.63. The van der Waals surface area contributed by atoms with Gasteiger partial charge in [0.15, 0.2) is 6.10 Å². The summed E-state index contributed by atoms with van der Waals surface area (Å²) < 4.78 is 37.5. The van der Waals surface area contributed by atoms with Gasteiger partial charge in [-0.3, -0.25) is 0 Å². The van der Waals surface area contributed by atoms with Crippen molar-refractivity contribution in [3.63, 3.8) is 0 Å². The van der Waals surface area contributed by atoms with E-state index in [9.17, 15) is 23.1 Å². The van der Waals surface area contributed by atoms with E-state index >= 15 is 0 Å². The van der Waals surface area contributed by atoms with Crippen LogP contribution in [-0.2, 0) is 11.0 Å². The molecule has 1 aromatic rings. The van der Waals surface area contributed by atoms with Crippen LogP contribution in [0.5, 0.6) is 0 Å². The van der Waals surface area contributed by atoms with Gasteiger partial charge < -0.3 is 15.3 Å². The van der Waals surface area contributed by atoms with Crippen molar-refractivity contribution in [3.8, 4) is 0 Å². The Hall–Kier alpha value is -1.31. The van der Waals surface area contributed by atoms with Gasteiger partial charge in [0.05, 0.1) is 10.6 Å². The maximum Gasteiger partial charge on any atom is 0.417 e. The number of carbonyl (C=O) groups is 1. The lowest BCUT2D eigenvalue weighted by molar-refractivity contribution is -0.153. The molecule has 0 aliphatic heterocycles. The van der Waals surface area contributed by atoms with E-state index in [1.807, 2.05) is 0 Å². The minimum Gasteiger partial charge on any atom is -0.479 e. The van der Waals surface area contributed by atoms with E-state index in [0.717, 1.165) is 12.1 Å². The summed E-state index contributed by atoms with van der Waals surface area (Å²) in [6, 6.07) is 2.65. The Morgan fingerprint density at radius 3 is 2.28 bits per heavy atom. The molecular weight excluding hydrogens is 277 g/mol. The van der Waals surface area contributed by atoms with Crippen molar-refractivity contribution in [3.05, 3.63) is 34.3 Å². The lowest BCUT2D eigenvalue weighted by atomic mass is 10.0. The Morgan fingerprint density at radius 1 is 1.28 bits per heavy atom. The highest BCUT2D eigenvalue weighted by Gasteiger charge is 2.36. The van der Waals surface area contributed by atoms with Crippen LogP contribution in [0.15, 0.2) is 18.2 Å². The van der Waals surface area contributed by atoms with E-state index in [2.05, 4.69) is 0 Å². The van der Waals surface area contributed by atoms with Crippen molar-refractivity contribution in [2.45, 2.75) is 18.4 Å². The Kier molecular flexibility index (Phi) is 4.20. The summed E-state index contributed by atoms with van der Waals surface area (Å²) in [7, 11) is 0. The number of hydrogen-bond donors (Lipinski definition) is 3. The van der Waals surface area contributed by atoms with Gasteiger partial charge in [-0.25, -0.2) is 4.79 Å². The number of carboxylic acids is 1. The number of rotatable bonds is 3. The summed E-state index contributed by atoms with van der Waals surface area (Å²) in [5, 5.41) is 26.1. The highest BCUT2D eigenvalue weighted by atomic mass is 35.5. The van der Waals surface area contributed by atoms with E-state index in [4.69, 9.17) is 21.8 Å². The summed E-state index contributed by atoms with van der Waals surface area (Å²) in [6.07, 6.45) is -9.04. The third-order valence-electron chi connectivity index (χ3n) is 2.20. The number of aliphatic hydroxyl groups is 2. The molecule has 0 heterocycles. The summed E-state index contributed by atoms with van der Waals surface area (Å²) in [4.78, 5) is 10.4. The Morgan fingerprint density at radius 2 is 1.83 bits per heavy atom. The highest BCUT2D eigenvalue weighted by molar-refractivity contribution is 6.32. The molecule has 0 saturated carbocycles. The van der Waals surface area contributed by atoms with Gasteiger partial charge in [0.1, 0.15) is 6.10 Å². The molecule has 100 valence electrons. The fraction of sp³-hybridized carbons (Fsp3) is 0.300. The van der Waals surface area contributed by atoms with Gasteiger partial charge in [0.25, 0.3) is 0 Å². The van der Waals surface area contributed by atoms with E-state index in [1.54, 1.807) is 0 Å². The zero-order valence-electron chi connectivity index (χ0n) is 8.65. The quantitative estimate of drug-likeness (QED) is 0.791. The minimum atomic E-state index is -4.74. The normalized spacial score (nSPS) is 15.2. The number of alkyl halides is 3. The summed E-state index contributed by atoms with van der Waals surface area (Å²) in [6.45, 7) is 0. The number of hydrogen-bond acceptors (Lipinski definition) is 3. The molecule has 3 N–H and O–H groups in total. The molecule has 0 radical (unpaired) electrons. The fourth-order valence-corrected chi connectivity index (χ4v) is 1.65. The molecule has 0 aromatic heterocycles. The van der Waals surface area contributed by atoms with E-state index in [0.29, 0.717) is 6.07 Å². The van der Waals surface area contributed by atoms with Gasteiger partial charge in [-0.2, -0.15) is 13.2 Å². The molecule has 8 heteroatoms. The van der Waals surface area contributed by atoms with E-state index < -0.39 is 40.5 Å². The van der Waals surface area contributed by atoms with Crippen molar-refractivity contribution < 1.29 is 33.3 Å². The summed E-state index contributed by atoms with van der Waals surface area (Å²) in [5.41, 5.74) is -1.71. The van der Waals surface area contributed by atoms with Gasteiger partial charge in [0, 0.05) is 5.56 Å². The first-order valence-corrected chi connectivity index (χ1v) is 4.98. The summed E-state index contributed by atoms with van der Waals surface area (Å²) in [5.74, 6) is -1.77. The molecule has 4 nitrogen and oxygen atoms in total. The van der Waals surface area contributed by atoms with Crippen molar-refractivity contribution in [1.82, 2.24) is 0 Å². The van der Waals surface area contributed by atoms with Crippen molar-refractivity contribution in [2.75, 3.05) is 0 Å². The Bertz CT molecular complexity index is 461. The maximum atomic E-state index is 12.5. The first kappa shape index (κ1) is 14.7. The molecule has 2 unspecified atom stereocenters. The Balaban J connectivity index is 3.23. The number of aliphatic carboxylic acids is 1. The van der Waals surface area contributed by atoms with Crippen LogP contribution in [0.1, 0.15) is 17.2 Å². The second kappa shape index (κ2) is 5.13. The number of aliphatic hydroxyl groups excluding tert-OH is 2. The van der Waals surface area contributed by atoms with Crippen molar-refractivity contribution in [1.29, 1.82) is 0 Å². The van der Waals surface area contributed by atoms with Crippen LogP contribution in [0.2, 0.25) is 5.02 Å². The van der Waals surface area contributed by atoms with E-state index in [1.165, 1.54) is 0 Å². The zero-order chi connectivity index (χ0) is 14.1. The largest absolute Gasteiger partial charge is 0.479 e. The molecular formula is C10H8ClF3O4. The average molecular weight is 285 g/mol. The zero-order valence-corrected chi connectivity index (χ0v) is 9.40. The van der Waals surface area contributed by atoms with Crippen LogP contribution in [0.4, 0.5) is 13.2 Å². The number of carboxylic acid groups (broad SMARTS) is 1. The van der Waals surface area contributed by atoms with Crippen LogP contribution in [-0.4, -0.2) is 27.4 Å². The topological polar surface area (TPSA) is 77.8 Å². The SMILES string of the molecule is O=C(O)C(O)C(O)c1cccc(C(F)(F)F)c1Cl. The fourth-order valence-electron chi connectivity index (χ4n) is 1.30. The molecule has 0 spiro atoms. The molecule has 1 rings (SSSR count). The van der Waals surface area contributed by atoms with E-state index in [-0.39, 0.29) is 0 Å². The van der Waals surface area contributed by atoms with Gasteiger partial charge >= 0.3 is 12.1 Å². The number of benzene rings is 1. The molecule has 2 atom stereocenters. The molecule has 1 aromatic carbocycles. The highest BCUT2D eigenvalue weighted by Crippen LogP contribution is 2.38. The minimum absolute atomic E-state index is 0.499. The van der Waals surface area contributed by atoms with Gasteiger partial charge in [0.2, 0.25) is 0 Å². The van der Waals surface area contributed by atoms with Gasteiger partial charge in [-0.15, -0.1) is 0 Å². The molecule has 0 saturated heterocycles. The molecule has 0 aliphatic carbocycles. The Labute approximate surface area is 104 Å². The lowest BCUT2D eigenvalue weighted by Crippen LogP contribution is -2.28. The molecule has 18 heavy (non-hydrogen) atoms. The van der Waals surface area contributed by atoms with Crippen molar-refractivity contribution in [2.24, 2.45) is 0 Å². The van der Waals surface area contributed by atoms with Crippen LogP contribution < -0.4 is 0 Å². The second-order valence-electron chi connectivity index (χ2n) is 3.43. The number of halogens is 4. The maximum absolute atomic E-state index is 12.5. The smallest absolute Gasteiger partial charge is 0.417 e. The van der Waals surface area contributed by atoms with Crippen LogP contribution >= 0.6 is 11.6 Å². The molecule has 0 bridgehead atoms. The summed E-state index contributed by atoms with van der Waals surface area (Å²) >= 11 is 5.45. The lowest BCUT2D eigenvalue weighted by Gasteiger charge is -2.18. The first-order chi connectivity index (χ1) is 8.16. The third kappa shape index (κ3) is 2.92. The average Bonchev–Trinajstić information content (AvgIpc) is 2.25. The molecule has 0 amide bonds. The predicted molar refractivity (Wildman–Crippen MR) is 55.1 cm³/mol. The second-order valence-corrected chi connectivity index (χ2v) is 3.81. The van der Waals surface area contributed by atoms with Crippen LogP contribution in [0, 0.1) is 0 Å². The monoisotopic (exact) mass is 284 g/mol. The predicted octanol–water partition coefficient (Wildman–Crippen LogP) is 1.84. The molecule has 0 aliphatic rings. The first-order valence-electron chi connectivity index (χ1n) is 4.60. The molecule has 0 fully saturated rings. The van der Waals surface area contributed by atoms with Crippen LogP contribution in [0.3, 0.4) is 0 Å². The van der Waals surface area contributed by atoms with Gasteiger partial charge in [-0.1, -0.05) is 23.7 Å². The van der Waals surface area contributed by atoms with Crippen LogP contribution in [0.25, 0.3) is 0 Å². The van der Waals surface area contributed by atoms with Gasteiger partial charge in [-0.05, 0) is 6.07 Å². The standard InChI is InChI=1S/C10H8ClF3O4/c11-6-4(7(15)8(16)9(17)18)2-1-3-5(6)10(12,13)14/h1-3,7-8,15-16H,(H,17,18). The van der Waals surface area contributed by atoms with Crippen molar-refractivity contribution >= 4 is 17.6 Å².